The maximum absolute atomic E-state index is 12.2. The first-order valence-corrected chi connectivity index (χ1v) is 11.1. The molecule has 4 fully saturated rings. The van der Waals surface area contributed by atoms with Crippen molar-refractivity contribution >= 4 is 5.97 Å². The molecule has 8 atom stereocenters. The zero-order valence-corrected chi connectivity index (χ0v) is 18.1. The van der Waals surface area contributed by atoms with E-state index in [1.807, 2.05) is 13.8 Å². The monoisotopic (exact) mass is 422 g/mol. The summed E-state index contributed by atoms with van der Waals surface area (Å²) in [7, 11) is 1.51. The number of esters is 1. The van der Waals surface area contributed by atoms with E-state index in [1.165, 1.54) is 7.11 Å². The summed E-state index contributed by atoms with van der Waals surface area (Å²) in [6.07, 6.45) is 2.85. The van der Waals surface area contributed by atoms with Gasteiger partial charge in [0.15, 0.2) is 11.8 Å². The second-order valence-corrected chi connectivity index (χ2v) is 9.45. The fourth-order valence-corrected chi connectivity index (χ4v) is 6.75. The van der Waals surface area contributed by atoms with Crippen LogP contribution in [0.3, 0.4) is 0 Å². The van der Waals surface area contributed by atoms with E-state index in [0.717, 1.165) is 19.3 Å². The molecular formula is C22H32NO7+. The summed E-state index contributed by atoms with van der Waals surface area (Å²) in [5, 5.41) is 22.6. The van der Waals surface area contributed by atoms with Crippen molar-refractivity contribution in [1.82, 2.24) is 0 Å². The first kappa shape index (κ1) is 20.3. The number of hydroxylamine groups is 3. The average Bonchev–Trinajstić information content (AvgIpc) is 3.25. The van der Waals surface area contributed by atoms with Crippen LogP contribution in [0.5, 0.6) is 0 Å². The van der Waals surface area contributed by atoms with Gasteiger partial charge in [-0.2, -0.15) is 4.65 Å². The molecule has 5 aliphatic rings. The van der Waals surface area contributed by atoms with Crippen molar-refractivity contribution in [3.8, 4) is 0 Å². The molecule has 4 unspecified atom stereocenters. The number of allylic oxidation sites excluding steroid dienone is 1. The number of carbonyl (C=O) groups is 1. The topological polar surface area (TPSA) is 94.5 Å². The lowest BCUT2D eigenvalue weighted by Crippen LogP contribution is -2.69. The number of nitrogens with zero attached hydrogens (tertiary/aromatic N) is 1. The van der Waals surface area contributed by atoms with Gasteiger partial charge in [0.25, 0.3) is 0 Å². The number of cyclic esters (lactones) is 1. The van der Waals surface area contributed by atoms with Gasteiger partial charge < -0.3 is 24.1 Å². The van der Waals surface area contributed by atoms with Gasteiger partial charge >= 0.3 is 5.97 Å². The highest BCUT2D eigenvalue weighted by Gasteiger charge is 2.74. The number of rotatable bonds is 3. The first-order valence-electron chi connectivity index (χ1n) is 11.1. The number of hydrogen-bond acceptors (Lipinski definition) is 7. The molecular weight excluding hydrogens is 390 g/mol. The second-order valence-electron chi connectivity index (χ2n) is 9.45. The number of carbonyl (C=O) groups excluding carboxylic acids is 1. The first-order chi connectivity index (χ1) is 14.3. The SMILES string of the molecule is CC[C@H](O)[C@@H]1CC[C@@H]2O[C@@]34CCC[N+]1(O)C2C3C(C)/C(=C1/OC(=O)C(C)=C1OC)O4. The molecule has 0 aromatic carbocycles. The van der Waals surface area contributed by atoms with Crippen LogP contribution in [-0.2, 0) is 23.7 Å². The van der Waals surface area contributed by atoms with E-state index >= 15 is 0 Å². The summed E-state index contributed by atoms with van der Waals surface area (Å²) in [5.41, 5.74) is 0.420. The predicted molar refractivity (Wildman–Crippen MR) is 103 cm³/mol. The summed E-state index contributed by atoms with van der Waals surface area (Å²) in [6, 6.07) is -0.410. The van der Waals surface area contributed by atoms with Gasteiger partial charge in [0.1, 0.15) is 30.6 Å². The van der Waals surface area contributed by atoms with E-state index in [0.29, 0.717) is 42.2 Å². The molecule has 0 radical (unpaired) electrons. The van der Waals surface area contributed by atoms with E-state index in [-0.39, 0.29) is 34.7 Å². The number of hydrogen-bond donors (Lipinski definition) is 2. The molecule has 0 aromatic heterocycles. The van der Waals surface area contributed by atoms with E-state index < -0.39 is 17.9 Å². The maximum atomic E-state index is 12.2. The van der Waals surface area contributed by atoms with Crippen molar-refractivity contribution < 1.29 is 38.7 Å². The van der Waals surface area contributed by atoms with Crippen LogP contribution in [-0.4, -0.2) is 64.7 Å². The smallest absolute Gasteiger partial charge is 0.343 e. The molecule has 0 amide bonds. The van der Waals surface area contributed by atoms with Crippen molar-refractivity contribution in [1.29, 1.82) is 0 Å². The molecule has 2 bridgehead atoms. The van der Waals surface area contributed by atoms with Crippen molar-refractivity contribution in [2.45, 2.75) is 83.0 Å². The zero-order chi connectivity index (χ0) is 21.4. The van der Waals surface area contributed by atoms with Crippen LogP contribution in [0, 0.1) is 11.8 Å². The van der Waals surface area contributed by atoms with Gasteiger partial charge in [-0.3, -0.25) is 0 Å². The number of piperidine rings is 1. The van der Waals surface area contributed by atoms with E-state index in [9.17, 15) is 15.1 Å². The third kappa shape index (κ3) is 2.45. The van der Waals surface area contributed by atoms with Crippen LogP contribution >= 0.6 is 0 Å². The molecule has 5 rings (SSSR count). The van der Waals surface area contributed by atoms with Crippen LogP contribution < -0.4 is 0 Å². The molecule has 2 N–H and O–H groups in total. The molecule has 166 valence electrons. The third-order valence-corrected chi connectivity index (χ3v) is 8.06. The molecule has 0 spiro atoms. The summed E-state index contributed by atoms with van der Waals surface area (Å²) < 4.78 is 23.9. The minimum absolute atomic E-state index is 0.0953. The molecule has 0 aliphatic carbocycles. The van der Waals surface area contributed by atoms with Gasteiger partial charge in [0.2, 0.25) is 11.5 Å². The third-order valence-electron chi connectivity index (χ3n) is 8.06. The molecule has 0 saturated carbocycles. The van der Waals surface area contributed by atoms with Crippen molar-refractivity contribution in [3.63, 3.8) is 0 Å². The highest BCUT2D eigenvalue weighted by atomic mass is 16.7. The molecule has 30 heavy (non-hydrogen) atoms. The Morgan fingerprint density at radius 1 is 1.37 bits per heavy atom. The Hall–Kier alpha value is -1.61. The lowest BCUT2D eigenvalue weighted by atomic mass is 9.77. The highest BCUT2D eigenvalue weighted by Crippen LogP contribution is 2.61. The molecule has 5 heterocycles. The number of aliphatic hydroxyl groups is 1. The van der Waals surface area contributed by atoms with Gasteiger partial charge in [-0.15, -0.1) is 0 Å². The normalized spacial score (nSPS) is 48.2. The molecule has 5 aliphatic heterocycles. The van der Waals surface area contributed by atoms with E-state index in [2.05, 4.69) is 0 Å². The van der Waals surface area contributed by atoms with E-state index in [4.69, 9.17) is 18.9 Å². The van der Waals surface area contributed by atoms with Crippen LogP contribution in [0.2, 0.25) is 0 Å². The second kappa shape index (κ2) is 6.69. The molecule has 8 nitrogen and oxygen atoms in total. The lowest BCUT2D eigenvalue weighted by molar-refractivity contribution is -1.14. The zero-order valence-electron chi connectivity index (χ0n) is 18.1. The van der Waals surface area contributed by atoms with Gasteiger partial charge in [-0.05, 0) is 19.8 Å². The van der Waals surface area contributed by atoms with Crippen LogP contribution in [0.15, 0.2) is 22.9 Å². The van der Waals surface area contributed by atoms with Crippen molar-refractivity contribution in [3.05, 3.63) is 22.9 Å². The Bertz CT molecular complexity index is 837. The Kier molecular flexibility index (Phi) is 4.53. The number of quaternary nitrogens is 1. The van der Waals surface area contributed by atoms with Gasteiger partial charge in [-0.25, -0.2) is 10.0 Å². The lowest BCUT2D eigenvalue weighted by Gasteiger charge is -2.49. The highest BCUT2D eigenvalue weighted by molar-refractivity contribution is 5.93. The maximum Gasteiger partial charge on any atom is 0.343 e. The Morgan fingerprint density at radius 2 is 2.13 bits per heavy atom. The summed E-state index contributed by atoms with van der Waals surface area (Å²) in [4.78, 5) is 12.2. The largest absolute Gasteiger partial charge is 0.492 e. The minimum Gasteiger partial charge on any atom is -0.492 e. The Morgan fingerprint density at radius 3 is 2.83 bits per heavy atom. The van der Waals surface area contributed by atoms with Gasteiger partial charge in [0, 0.05) is 25.2 Å². The van der Waals surface area contributed by atoms with Crippen LogP contribution in [0.25, 0.3) is 0 Å². The summed E-state index contributed by atoms with van der Waals surface area (Å²) in [5.74, 6) is -0.197. The number of aliphatic hydroxyl groups excluding tert-OH is 1. The Balaban J connectivity index is 1.59. The fourth-order valence-electron chi connectivity index (χ4n) is 6.75. The van der Waals surface area contributed by atoms with E-state index in [1.54, 1.807) is 6.92 Å². The average molecular weight is 422 g/mol. The minimum atomic E-state index is -0.840. The summed E-state index contributed by atoms with van der Waals surface area (Å²) >= 11 is 0. The van der Waals surface area contributed by atoms with Crippen molar-refractivity contribution in [2.24, 2.45) is 11.8 Å². The summed E-state index contributed by atoms with van der Waals surface area (Å²) in [6.45, 7) is 6.26. The predicted octanol–water partition coefficient (Wildman–Crippen LogP) is 2.35. The molecule has 4 saturated heterocycles. The number of ether oxygens (including phenoxy) is 4. The van der Waals surface area contributed by atoms with Crippen LogP contribution in [0.1, 0.15) is 52.9 Å². The quantitative estimate of drug-likeness (QED) is 0.533. The number of methoxy groups -OCH3 is 1. The molecule has 8 heteroatoms. The molecule has 0 aromatic rings. The fraction of sp³-hybridized carbons (Fsp3) is 0.773. The van der Waals surface area contributed by atoms with Crippen molar-refractivity contribution in [2.75, 3.05) is 13.7 Å². The van der Waals surface area contributed by atoms with Crippen LogP contribution in [0.4, 0.5) is 0 Å². The Labute approximate surface area is 176 Å². The van der Waals surface area contributed by atoms with Gasteiger partial charge in [-0.1, -0.05) is 13.8 Å². The standard InChI is InChI=1S/C22H32NO7/c1-5-14(24)13-7-8-15-17-16-11(2)19(20-18(27-4)12(3)21(25)28-20)30-22(16,29-15)9-6-10-23(13,17)26/h11,13-17,24,26H,5-10H2,1-4H3/q+1/b20-19-/t11?,13-,14-,15-,16?,17?,22+,23?/m0/s1. The van der Waals surface area contributed by atoms with Gasteiger partial charge in [0.05, 0.1) is 18.6 Å².